The molecule has 0 spiro atoms. The second-order valence-electron chi connectivity index (χ2n) is 6.65. The van der Waals surface area contributed by atoms with E-state index in [2.05, 4.69) is 5.32 Å². The Hall–Kier alpha value is -3.86. The predicted molar refractivity (Wildman–Crippen MR) is 113 cm³/mol. The van der Waals surface area contributed by atoms with Gasteiger partial charge in [-0.25, -0.2) is 0 Å². The van der Waals surface area contributed by atoms with Crippen molar-refractivity contribution in [1.29, 1.82) is 0 Å². The molecule has 4 rings (SSSR count). The van der Waals surface area contributed by atoms with Crippen molar-refractivity contribution in [2.45, 2.75) is 6.92 Å². The van der Waals surface area contributed by atoms with E-state index in [0.717, 1.165) is 5.56 Å². The number of amides is 1. The fourth-order valence-electron chi connectivity index (χ4n) is 3.01. The summed E-state index contributed by atoms with van der Waals surface area (Å²) in [5, 5.41) is 3.14. The molecule has 0 aliphatic carbocycles. The normalized spacial score (nSPS) is 10.7. The third kappa shape index (κ3) is 4.04. The van der Waals surface area contributed by atoms with Gasteiger partial charge in [0.05, 0.1) is 5.39 Å². The second-order valence-corrected chi connectivity index (χ2v) is 6.65. The number of nitrogens with one attached hydrogen (secondary N) is 1. The number of hydrogen-bond donors (Lipinski definition) is 1. The third-order valence-corrected chi connectivity index (χ3v) is 4.48. The Morgan fingerprint density at radius 2 is 1.62 bits per heavy atom. The first kappa shape index (κ1) is 18.5. The molecule has 1 heterocycles. The number of carbonyl (C=O) groups excluding carboxylic acids is 1. The molecule has 5 nitrogen and oxygen atoms in total. The van der Waals surface area contributed by atoms with Crippen LogP contribution < -0.4 is 15.5 Å². The molecule has 0 radical (unpaired) electrons. The van der Waals surface area contributed by atoms with Crippen LogP contribution in [0.3, 0.4) is 0 Å². The van der Waals surface area contributed by atoms with E-state index >= 15 is 0 Å². The number of carbonyl (C=O) groups is 1. The minimum absolute atomic E-state index is 0.0239. The summed E-state index contributed by atoms with van der Waals surface area (Å²) in [5.74, 6) is -0.0319. The quantitative estimate of drug-likeness (QED) is 0.536. The maximum Gasteiger partial charge on any atom is 0.262 e. The molecule has 1 aromatic heterocycles. The van der Waals surface area contributed by atoms with Crippen LogP contribution in [0.2, 0.25) is 0 Å². The molecule has 0 saturated heterocycles. The SMILES string of the molecule is Cc1ccc(-c2oc3ccccc3c(=O)c2OCC(=O)Nc2ccccc2)cc1. The Morgan fingerprint density at radius 1 is 0.931 bits per heavy atom. The molecule has 5 heteroatoms. The topological polar surface area (TPSA) is 68.5 Å². The van der Waals surface area contributed by atoms with Crippen molar-refractivity contribution in [3.8, 4) is 17.1 Å². The zero-order valence-electron chi connectivity index (χ0n) is 15.8. The van der Waals surface area contributed by atoms with Crippen LogP contribution in [0.25, 0.3) is 22.3 Å². The summed E-state index contributed by atoms with van der Waals surface area (Å²) < 4.78 is 11.7. The van der Waals surface area contributed by atoms with E-state index in [9.17, 15) is 9.59 Å². The lowest BCUT2D eigenvalue weighted by Gasteiger charge is -2.12. The highest BCUT2D eigenvalue weighted by molar-refractivity contribution is 5.92. The van der Waals surface area contributed by atoms with Gasteiger partial charge >= 0.3 is 0 Å². The zero-order chi connectivity index (χ0) is 20.2. The van der Waals surface area contributed by atoms with Crippen LogP contribution in [-0.2, 0) is 4.79 Å². The molecule has 4 aromatic rings. The standard InChI is InChI=1S/C24H19NO4/c1-16-11-13-17(14-12-16)23-24(22(27)19-9-5-6-10-20(19)29-23)28-15-21(26)25-18-7-3-2-4-8-18/h2-14H,15H2,1H3,(H,25,26). The fourth-order valence-corrected chi connectivity index (χ4v) is 3.01. The number of fused-ring (bicyclic) bond motifs is 1. The van der Waals surface area contributed by atoms with E-state index in [4.69, 9.17) is 9.15 Å². The number of anilines is 1. The average molecular weight is 385 g/mol. The average Bonchev–Trinajstić information content (AvgIpc) is 2.74. The van der Waals surface area contributed by atoms with Crippen molar-refractivity contribution < 1.29 is 13.9 Å². The van der Waals surface area contributed by atoms with E-state index in [-0.39, 0.29) is 23.7 Å². The number of hydrogen-bond acceptors (Lipinski definition) is 4. The predicted octanol–water partition coefficient (Wildman–Crippen LogP) is 4.79. The maximum absolute atomic E-state index is 13.0. The molecular weight excluding hydrogens is 366 g/mol. The van der Waals surface area contributed by atoms with Gasteiger partial charge in [-0.05, 0) is 31.2 Å². The maximum atomic E-state index is 13.0. The summed E-state index contributed by atoms with van der Waals surface area (Å²) in [6, 6.07) is 23.6. The van der Waals surface area contributed by atoms with E-state index < -0.39 is 0 Å². The van der Waals surface area contributed by atoms with Crippen molar-refractivity contribution in [1.82, 2.24) is 0 Å². The molecule has 29 heavy (non-hydrogen) atoms. The smallest absolute Gasteiger partial charge is 0.262 e. The molecule has 144 valence electrons. The highest BCUT2D eigenvalue weighted by Gasteiger charge is 2.18. The van der Waals surface area contributed by atoms with Gasteiger partial charge in [0.1, 0.15) is 5.58 Å². The van der Waals surface area contributed by atoms with Crippen LogP contribution in [0.5, 0.6) is 5.75 Å². The summed E-state index contributed by atoms with van der Waals surface area (Å²) in [7, 11) is 0. The van der Waals surface area contributed by atoms with Crippen LogP contribution in [0.1, 0.15) is 5.56 Å². The Bertz CT molecular complexity index is 1210. The molecule has 0 aliphatic rings. The Labute approximate surface area is 167 Å². The second kappa shape index (κ2) is 8.02. The highest BCUT2D eigenvalue weighted by Crippen LogP contribution is 2.31. The number of ether oxygens (including phenoxy) is 1. The number of benzene rings is 3. The van der Waals surface area contributed by atoms with Crippen LogP contribution in [0.15, 0.2) is 88.1 Å². The van der Waals surface area contributed by atoms with Gasteiger partial charge in [0.2, 0.25) is 11.2 Å². The lowest BCUT2D eigenvalue weighted by molar-refractivity contribution is -0.118. The van der Waals surface area contributed by atoms with Crippen molar-refractivity contribution in [3.63, 3.8) is 0 Å². The van der Waals surface area contributed by atoms with Gasteiger partial charge in [-0.15, -0.1) is 0 Å². The molecule has 0 fully saturated rings. The van der Waals surface area contributed by atoms with Crippen LogP contribution >= 0.6 is 0 Å². The zero-order valence-corrected chi connectivity index (χ0v) is 15.8. The number of rotatable bonds is 5. The first-order valence-corrected chi connectivity index (χ1v) is 9.22. The minimum atomic E-state index is -0.362. The fraction of sp³-hybridized carbons (Fsp3) is 0.0833. The molecule has 3 aromatic carbocycles. The van der Waals surface area contributed by atoms with Crippen molar-refractivity contribution >= 4 is 22.6 Å². The van der Waals surface area contributed by atoms with E-state index in [1.807, 2.05) is 49.4 Å². The van der Waals surface area contributed by atoms with Crippen LogP contribution in [-0.4, -0.2) is 12.5 Å². The number of para-hydroxylation sites is 2. The molecule has 0 bridgehead atoms. The molecule has 1 N–H and O–H groups in total. The molecule has 0 atom stereocenters. The monoisotopic (exact) mass is 385 g/mol. The van der Waals surface area contributed by atoms with Crippen molar-refractivity contribution in [3.05, 3.63) is 94.6 Å². The summed E-state index contributed by atoms with van der Waals surface area (Å²) in [5.41, 5.74) is 2.60. The molecule has 1 amide bonds. The number of aryl methyl sites for hydroxylation is 1. The Kier molecular flexibility index (Phi) is 5.12. The molecular formula is C24H19NO4. The lowest BCUT2D eigenvalue weighted by Crippen LogP contribution is -2.22. The van der Waals surface area contributed by atoms with Crippen molar-refractivity contribution in [2.75, 3.05) is 11.9 Å². The van der Waals surface area contributed by atoms with Crippen LogP contribution in [0, 0.1) is 6.92 Å². The third-order valence-electron chi connectivity index (χ3n) is 4.48. The van der Waals surface area contributed by atoms with Crippen LogP contribution in [0.4, 0.5) is 5.69 Å². The highest BCUT2D eigenvalue weighted by atomic mass is 16.5. The van der Waals surface area contributed by atoms with Crippen molar-refractivity contribution in [2.24, 2.45) is 0 Å². The largest absolute Gasteiger partial charge is 0.476 e. The summed E-state index contributed by atoms with van der Waals surface area (Å²) in [4.78, 5) is 25.3. The van der Waals surface area contributed by atoms with Gasteiger partial charge in [-0.2, -0.15) is 0 Å². The van der Waals surface area contributed by atoms with Gasteiger partial charge < -0.3 is 14.5 Å². The van der Waals surface area contributed by atoms with E-state index in [1.165, 1.54) is 0 Å². The van der Waals surface area contributed by atoms with Gasteiger partial charge in [0.25, 0.3) is 5.91 Å². The van der Waals surface area contributed by atoms with Gasteiger partial charge in [0.15, 0.2) is 12.4 Å². The summed E-state index contributed by atoms with van der Waals surface area (Å²) in [6.07, 6.45) is 0. The van der Waals surface area contributed by atoms with Gasteiger partial charge in [0, 0.05) is 11.3 Å². The lowest BCUT2D eigenvalue weighted by atomic mass is 10.1. The van der Waals surface area contributed by atoms with Gasteiger partial charge in [-0.1, -0.05) is 60.2 Å². The van der Waals surface area contributed by atoms with Gasteiger partial charge in [-0.3, -0.25) is 9.59 Å². The van der Waals surface area contributed by atoms with E-state index in [0.29, 0.717) is 28.0 Å². The molecule has 0 aliphatic heterocycles. The van der Waals surface area contributed by atoms with E-state index in [1.54, 1.807) is 36.4 Å². The first-order valence-electron chi connectivity index (χ1n) is 9.22. The Morgan fingerprint density at radius 3 is 2.38 bits per heavy atom. The minimum Gasteiger partial charge on any atom is -0.476 e. The summed E-state index contributed by atoms with van der Waals surface area (Å²) in [6.45, 7) is 1.67. The first-order chi connectivity index (χ1) is 14.1. The molecule has 0 unspecified atom stereocenters. The Balaban J connectivity index is 1.69. The molecule has 0 saturated carbocycles. The summed E-state index contributed by atoms with van der Waals surface area (Å²) >= 11 is 0.